The van der Waals surface area contributed by atoms with Gasteiger partial charge in [-0.25, -0.2) is 23.7 Å². The number of alkyl carbamates (subject to hydrolysis) is 1. The molecule has 25 nitrogen and oxygen atoms in total. The molecule has 29 heteroatoms. The normalized spacial score (nSPS) is 15.0. The van der Waals surface area contributed by atoms with Crippen molar-refractivity contribution in [3.8, 4) is 11.5 Å². The van der Waals surface area contributed by atoms with E-state index in [0.29, 0.717) is 44.2 Å². The molecule has 0 bridgehead atoms. The van der Waals surface area contributed by atoms with E-state index in [9.17, 15) is 52.7 Å². The topological polar surface area (TPSA) is 327 Å². The summed E-state index contributed by atoms with van der Waals surface area (Å²) >= 11 is 14.1. The van der Waals surface area contributed by atoms with Crippen LogP contribution in [-0.2, 0) is 35.0 Å². The number of rotatable bonds is 25. The molecule has 8 N–H and O–H groups in total. The van der Waals surface area contributed by atoms with Gasteiger partial charge in [0.05, 0.1) is 27.7 Å². The summed E-state index contributed by atoms with van der Waals surface area (Å²) in [6, 6.07) is 23.9. The molecule has 0 unspecified atom stereocenters. The highest BCUT2D eigenvalue weighted by Crippen LogP contribution is 2.50. The number of carbonyl (C=O) groups excluding carboxylic acids is 8. The average molecular weight is 1350 g/mol. The van der Waals surface area contributed by atoms with Crippen molar-refractivity contribution in [2.24, 2.45) is 11.7 Å². The van der Waals surface area contributed by atoms with Crippen LogP contribution >= 0.6 is 42.4 Å². The molecule has 6 aromatic rings. The highest BCUT2D eigenvalue weighted by Gasteiger charge is 2.40. The number of ether oxygens (including phenoxy) is 4. The van der Waals surface area contributed by atoms with E-state index in [0.717, 1.165) is 22.5 Å². The molecule has 0 aliphatic carbocycles. The SMILES string of the molecule is COCCN(CCN(C)C(=O)OCc1ccc(NC(=O)[C@H](CCCNC(N)=O)NC(=O)[C@@H](NC(=O)OC(C)(C)C)C(C)C)cc1)C(=O)Oc1cc2c(c3ccccc13)[C@H](CCl)CN2C(=O)c1ccc(C(=O)N2C[C@@H](CCl)c3c2cc(OP(=O)(O)O)c2ccccc32)s1. The Morgan fingerprint density at radius 2 is 1.30 bits per heavy atom. The number of alkyl halides is 2. The molecule has 1 aromatic heterocycles. The van der Waals surface area contributed by atoms with Gasteiger partial charge in [-0.05, 0) is 91.3 Å². The number of anilines is 3. The van der Waals surface area contributed by atoms with Crippen LogP contribution in [0.5, 0.6) is 11.5 Å². The van der Waals surface area contributed by atoms with Crippen molar-refractivity contribution in [1.82, 2.24) is 25.8 Å². The fourth-order valence-electron chi connectivity index (χ4n) is 10.8. The summed E-state index contributed by atoms with van der Waals surface area (Å²) in [4.78, 5) is 134. The van der Waals surface area contributed by atoms with Gasteiger partial charge in [0.15, 0.2) is 0 Å². The number of hydrogen-bond acceptors (Lipinski definition) is 15. The van der Waals surface area contributed by atoms with Gasteiger partial charge in [0.25, 0.3) is 11.8 Å². The van der Waals surface area contributed by atoms with Crippen LogP contribution in [0, 0.1) is 5.92 Å². The third kappa shape index (κ3) is 17.3. The van der Waals surface area contributed by atoms with Crippen LogP contribution in [0.4, 0.5) is 36.2 Å². The van der Waals surface area contributed by atoms with Crippen molar-refractivity contribution in [3.05, 3.63) is 124 Å². The molecule has 0 saturated carbocycles. The number of carbonyl (C=O) groups is 8. The summed E-state index contributed by atoms with van der Waals surface area (Å²) in [5.74, 6) is -2.84. The van der Waals surface area contributed by atoms with Crippen LogP contribution < -0.4 is 46.1 Å². The molecule has 0 radical (unpaired) electrons. The maximum Gasteiger partial charge on any atom is 0.524 e. The van der Waals surface area contributed by atoms with Gasteiger partial charge in [-0.3, -0.25) is 29.0 Å². The van der Waals surface area contributed by atoms with Gasteiger partial charge in [-0.1, -0.05) is 74.5 Å². The minimum absolute atomic E-state index is 0.00431. The van der Waals surface area contributed by atoms with Crippen LogP contribution in [0.1, 0.15) is 95.3 Å². The first-order valence-corrected chi connectivity index (χ1v) is 32.9. The Kier molecular flexibility index (Phi) is 23.1. The molecule has 0 fully saturated rings. The third-order valence-electron chi connectivity index (χ3n) is 15.2. The van der Waals surface area contributed by atoms with E-state index in [4.69, 9.17) is 52.4 Å². The standard InChI is InChI=1S/C63H74Cl2N9O16PS/c1-36(2)54(70-60(80)89-63(3,4)5)56(76)69-45(17-12-24-67-59(66)79)55(75)68-40-20-18-37(19-21-40)35-87-61(81)71(6)25-26-72(27-28-86-7)62(82)88-48-29-46-52(43-15-10-8-13-41(43)48)38(31-64)33-73(46)57(77)50-22-23-51(92-50)58(78)74-34-39(32-65)53-44-16-11-9-14-42(44)49(30-47(53)74)90-91(83,84)85/h8-11,13-16,18-23,29-30,36,38-39,45,54H,12,17,24-28,31-35H2,1-7H3,(H,68,75)(H,69,76)(H,70,80)(H3,66,67,79)(H2,83,84,85)/t38-,39-,45+,54+/m1/s1. The first-order valence-electron chi connectivity index (χ1n) is 29.5. The smallest absolute Gasteiger partial charge is 0.445 e. The van der Waals surface area contributed by atoms with Gasteiger partial charge in [0.1, 0.15) is 35.8 Å². The van der Waals surface area contributed by atoms with Crippen molar-refractivity contribution in [2.45, 2.75) is 83.6 Å². The van der Waals surface area contributed by atoms with Crippen molar-refractivity contribution in [2.75, 3.05) is 86.9 Å². The molecule has 3 heterocycles. The number of amides is 9. The second kappa shape index (κ2) is 30.5. The molecule has 2 aliphatic rings. The Labute approximate surface area is 545 Å². The lowest BCUT2D eigenvalue weighted by molar-refractivity contribution is -0.128. The Balaban J connectivity index is 0.910. The average Bonchev–Trinajstić information content (AvgIpc) is 1.56. The zero-order chi connectivity index (χ0) is 66.8. The van der Waals surface area contributed by atoms with Crippen molar-refractivity contribution >= 4 is 129 Å². The molecule has 0 saturated heterocycles. The van der Waals surface area contributed by atoms with E-state index >= 15 is 0 Å². The largest absolute Gasteiger partial charge is 0.524 e. The number of nitrogens with zero attached hydrogens (tertiary/aromatic N) is 4. The number of fused-ring (bicyclic) bond motifs is 6. The summed E-state index contributed by atoms with van der Waals surface area (Å²) in [5.41, 5.74) is 7.61. The van der Waals surface area contributed by atoms with Gasteiger partial charge in [0.2, 0.25) is 11.8 Å². The van der Waals surface area contributed by atoms with Crippen LogP contribution in [-0.4, -0.2) is 157 Å². The Bertz CT molecular complexity index is 3790. The maximum atomic E-state index is 14.7. The van der Waals surface area contributed by atoms with E-state index < -0.39 is 73.4 Å². The number of nitrogens with one attached hydrogen (secondary N) is 4. The van der Waals surface area contributed by atoms with Crippen LogP contribution in [0.25, 0.3) is 21.5 Å². The number of thiophene rings is 1. The Hall–Kier alpha value is -8.23. The second-order valence-corrected chi connectivity index (χ2v) is 26.2. The summed E-state index contributed by atoms with van der Waals surface area (Å²) in [5, 5.41) is 12.9. The summed E-state index contributed by atoms with van der Waals surface area (Å²) in [7, 11) is -2.03. The van der Waals surface area contributed by atoms with Crippen LogP contribution in [0.15, 0.2) is 97.1 Å². The Morgan fingerprint density at radius 3 is 1.83 bits per heavy atom. The summed E-state index contributed by atoms with van der Waals surface area (Å²) in [6.45, 7) is 8.98. The number of primary amides is 1. The summed E-state index contributed by atoms with van der Waals surface area (Å²) < 4.78 is 39.7. The Morgan fingerprint density at radius 1 is 0.750 bits per heavy atom. The van der Waals surface area contributed by atoms with Crippen molar-refractivity contribution < 1.29 is 76.2 Å². The fraction of sp³-hybridized carbons (Fsp3) is 0.397. The van der Waals surface area contributed by atoms with E-state index in [1.54, 1.807) is 118 Å². The van der Waals surface area contributed by atoms with Gasteiger partial charge >= 0.3 is 32.1 Å². The zero-order valence-electron chi connectivity index (χ0n) is 51.7. The number of benzene rings is 5. The number of methoxy groups -OCH3 is 1. The number of phosphoric acid groups is 1. The molecule has 5 aromatic carbocycles. The molecule has 8 rings (SSSR count). The number of halogens is 2. The molecule has 492 valence electrons. The molecule has 0 spiro atoms. The molecule has 9 amide bonds. The monoisotopic (exact) mass is 1350 g/mol. The third-order valence-corrected chi connectivity index (χ3v) is 17.5. The van der Waals surface area contributed by atoms with Crippen molar-refractivity contribution in [1.29, 1.82) is 0 Å². The number of urea groups is 1. The minimum atomic E-state index is -5.01. The van der Waals surface area contributed by atoms with Gasteiger partial charge in [-0.15, -0.1) is 34.5 Å². The lowest BCUT2D eigenvalue weighted by Gasteiger charge is -2.27. The fourth-order valence-corrected chi connectivity index (χ4v) is 12.6. The highest BCUT2D eigenvalue weighted by molar-refractivity contribution is 7.46. The molecule has 2 aliphatic heterocycles. The molecule has 92 heavy (non-hydrogen) atoms. The minimum Gasteiger partial charge on any atom is -0.445 e. The van der Waals surface area contributed by atoms with E-state index in [1.807, 2.05) is 12.1 Å². The molecular weight excluding hydrogens is 1270 g/mol. The van der Waals surface area contributed by atoms with Crippen LogP contribution in [0.2, 0.25) is 0 Å². The van der Waals surface area contributed by atoms with Crippen LogP contribution in [0.3, 0.4) is 0 Å². The molecule has 4 atom stereocenters. The predicted molar refractivity (Wildman–Crippen MR) is 349 cm³/mol. The number of likely N-dealkylation sites (N-methyl/N-ethyl adjacent to an activating group) is 1. The zero-order valence-corrected chi connectivity index (χ0v) is 54.9. The lowest BCUT2D eigenvalue weighted by atomic mass is 9.95. The first kappa shape index (κ1) is 69.7. The maximum absolute atomic E-state index is 14.7. The van der Waals surface area contributed by atoms with E-state index in [2.05, 4.69) is 21.3 Å². The number of hydrogen-bond donors (Lipinski definition) is 7. The second-order valence-electron chi connectivity index (χ2n) is 23.4. The first-order chi connectivity index (χ1) is 43.7. The predicted octanol–water partition coefficient (Wildman–Crippen LogP) is 9.63. The van der Waals surface area contributed by atoms with Crippen molar-refractivity contribution in [3.63, 3.8) is 0 Å². The van der Waals surface area contributed by atoms with Gasteiger partial charge < -0.3 is 70.1 Å². The van der Waals surface area contributed by atoms with Gasteiger partial charge in [0, 0.05) is 106 Å². The van der Waals surface area contributed by atoms with E-state index in [1.165, 1.54) is 34.9 Å². The highest BCUT2D eigenvalue weighted by atomic mass is 35.5. The number of nitrogens with two attached hydrogens (primary N) is 1. The van der Waals surface area contributed by atoms with E-state index in [-0.39, 0.29) is 116 Å². The lowest BCUT2D eigenvalue weighted by Crippen LogP contribution is -2.55. The number of phosphoric ester groups is 1. The quantitative estimate of drug-likeness (QED) is 0.0159. The summed E-state index contributed by atoms with van der Waals surface area (Å²) in [6.07, 6.45) is -1.92. The van der Waals surface area contributed by atoms with Gasteiger partial charge in [-0.2, -0.15) is 0 Å². The molecular formula is C63H74Cl2N9O16PS.